The van der Waals surface area contributed by atoms with Crippen LogP contribution in [0.3, 0.4) is 0 Å². The lowest BCUT2D eigenvalue weighted by Crippen LogP contribution is -2.28. The average Bonchev–Trinajstić information content (AvgIpc) is 3.48. The van der Waals surface area contributed by atoms with Crippen molar-refractivity contribution in [2.45, 2.75) is 195 Å². The van der Waals surface area contributed by atoms with Gasteiger partial charge in [-0.1, -0.05) is 108 Å². The van der Waals surface area contributed by atoms with Crippen LogP contribution in [0.1, 0.15) is 151 Å². The summed E-state index contributed by atoms with van der Waals surface area (Å²) < 4.78 is 49.2. The zero-order valence-electron chi connectivity index (χ0n) is 36.5. The molecule has 0 spiro atoms. The minimum atomic E-state index is -0.516. The predicted octanol–water partition coefficient (Wildman–Crippen LogP) is 11.3. The summed E-state index contributed by atoms with van der Waals surface area (Å²) in [6.07, 6.45) is 20.4. The van der Waals surface area contributed by atoms with E-state index in [1.54, 1.807) is 6.92 Å². The van der Waals surface area contributed by atoms with E-state index in [0.717, 1.165) is 83.5 Å². The number of hydrogen-bond donors (Lipinski definition) is 0. The van der Waals surface area contributed by atoms with Crippen LogP contribution in [0.5, 0.6) is 0 Å². The Morgan fingerprint density at radius 3 is 1.84 bits per heavy atom. The number of unbranched alkanes of at least 4 members (excludes halogenated alkanes) is 5. The molecule has 0 aliphatic heterocycles. The number of carbonyl (C=O) groups excluding carboxylic acids is 1. The van der Waals surface area contributed by atoms with Gasteiger partial charge >= 0.3 is 5.97 Å². The van der Waals surface area contributed by atoms with Crippen molar-refractivity contribution in [3.63, 3.8) is 0 Å². The summed E-state index contributed by atoms with van der Waals surface area (Å²) in [6, 6.07) is 10.6. The molecule has 322 valence electrons. The zero-order chi connectivity index (χ0) is 40.8. The maximum atomic E-state index is 12.4. The number of aryl methyl sites for hydroxylation is 1. The van der Waals surface area contributed by atoms with E-state index in [9.17, 15) is 4.79 Å². The molecule has 1 aliphatic rings. The summed E-state index contributed by atoms with van der Waals surface area (Å²) >= 11 is 0. The number of benzene rings is 1. The quantitative estimate of drug-likeness (QED) is 0.0293. The molecule has 4 unspecified atom stereocenters. The number of ether oxygens (including phenoxy) is 8. The first-order chi connectivity index (χ1) is 27.2. The van der Waals surface area contributed by atoms with Crippen molar-refractivity contribution in [2.24, 2.45) is 11.8 Å². The van der Waals surface area contributed by atoms with Crippen LogP contribution in [-0.4, -0.2) is 75.9 Å². The molecule has 2 rings (SSSR count). The second-order valence-corrected chi connectivity index (χ2v) is 15.2. The van der Waals surface area contributed by atoms with Gasteiger partial charge < -0.3 is 37.9 Å². The average molecular weight is 789 g/mol. The third kappa shape index (κ3) is 22.7. The van der Waals surface area contributed by atoms with Crippen LogP contribution in [0.15, 0.2) is 54.6 Å². The molecule has 0 N–H and O–H groups in total. The van der Waals surface area contributed by atoms with Crippen molar-refractivity contribution in [1.82, 2.24) is 0 Å². The van der Waals surface area contributed by atoms with Crippen LogP contribution in [-0.2, 0) is 49.1 Å². The van der Waals surface area contributed by atoms with E-state index in [1.807, 2.05) is 20.8 Å². The van der Waals surface area contributed by atoms with Gasteiger partial charge in [0.2, 0.25) is 0 Å². The van der Waals surface area contributed by atoms with E-state index in [4.69, 9.17) is 37.9 Å². The summed E-state index contributed by atoms with van der Waals surface area (Å²) in [6.45, 7) is 19.0. The summed E-state index contributed by atoms with van der Waals surface area (Å²) in [5.41, 5.74) is 1.28. The van der Waals surface area contributed by atoms with E-state index in [-0.39, 0.29) is 55.0 Å². The lowest BCUT2D eigenvalue weighted by atomic mass is 9.89. The molecule has 0 saturated heterocycles. The first-order valence-electron chi connectivity index (χ1n) is 22.2. The van der Waals surface area contributed by atoms with Gasteiger partial charge in [-0.25, -0.2) is 0 Å². The predicted molar refractivity (Wildman–Crippen MR) is 225 cm³/mol. The summed E-state index contributed by atoms with van der Waals surface area (Å²) in [7, 11) is 0. The molecule has 1 aromatic carbocycles. The highest BCUT2D eigenvalue weighted by Gasteiger charge is 2.44. The normalized spacial score (nSPS) is 21.4. The van der Waals surface area contributed by atoms with Crippen LogP contribution in [0.25, 0.3) is 0 Å². The molecular formula is C47H80O9. The van der Waals surface area contributed by atoms with Crippen molar-refractivity contribution in [1.29, 1.82) is 0 Å². The Bertz CT molecular complexity index is 1140. The highest BCUT2D eigenvalue weighted by Crippen LogP contribution is 2.41. The second kappa shape index (κ2) is 31.8. The highest BCUT2D eigenvalue weighted by atomic mass is 16.7. The first kappa shape index (κ1) is 50.0. The van der Waals surface area contributed by atoms with Crippen LogP contribution in [0.4, 0.5) is 0 Å². The number of rotatable bonds is 34. The van der Waals surface area contributed by atoms with Gasteiger partial charge in [0.15, 0.2) is 25.2 Å². The van der Waals surface area contributed by atoms with Gasteiger partial charge in [-0.05, 0) is 97.0 Å². The molecule has 0 bridgehead atoms. The monoisotopic (exact) mass is 789 g/mol. The molecule has 1 saturated carbocycles. The minimum Gasteiger partial charge on any atom is -0.436 e. The zero-order valence-corrected chi connectivity index (χ0v) is 36.5. The van der Waals surface area contributed by atoms with Crippen molar-refractivity contribution in [3.8, 4) is 0 Å². The third-order valence-corrected chi connectivity index (χ3v) is 10.1. The van der Waals surface area contributed by atoms with Crippen molar-refractivity contribution >= 4 is 5.97 Å². The second-order valence-electron chi connectivity index (χ2n) is 15.2. The van der Waals surface area contributed by atoms with E-state index in [2.05, 4.69) is 82.3 Å². The van der Waals surface area contributed by atoms with Crippen molar-refractivity contribution in [2.75, 3.05) is 26.4 Å². The molecule has 1 aromatic rings. The number of hydrogen-bond acceptors (Lipinski definition) is 9. The Balaban J connectivity index is 2.28. The molecule has 0 aromatic heterocycles. The van der Waals surface area contributed by atoms with E-state index in [0.29, 0.717) is 39.3 Å². The molecule has 9 heteroatoms. The Morgan fingerprint density at radius 1 is 0.696 bits per heavy atom. The molecule has 1 aliphatic carbocycles. The van der Waals surface area contributed by atoms with Crippen LogP contribution in [0, 0.1) is 11.8 Å². The fourth-order valence-corrected chi connectivity index (χ4v) is 6.82. The van der Waals surface area contributed by atoms with Gasteiger partial charge in [0.05, 0.1) is 24.9 Å². The first-order valence-corrected chi connectivity index (χ1v) is 22.2. The molecule has 9 nitrogen and oxygen atoms in total. The topological polar surface area (TPSA) is 90.9 Å². The summed E-state index contributed by atoms with van der Waals surface area (Å²) in [5.74, 6) is -0.0435. The lowest BCUT2D eigenvalue weighted by molar-refractivity contribution is -0.178. The van der Waals surface area contributed by atoms with Gasteiger partial charge in [0.25, 0.3) is 0 Å². The fourth-order valence-electron chi connectivity index (χ4n) is 6.82. The Kier molecular flexibility index (Phi) is 28.4. The maximum Gasteiger partial charge on any atom is 0.308 e. The third-order valence-electron chi connectivity index (χ3n) is 10.1. The van der Waals surface area contributed by atoms with Crippen LogP contribution < -0.4 is 0 Å². The number of esters is 1. The smallest absolute Gasteiger partial charge is 0.308 e. The molecule has 9 atom stereocenters. The van der Waals surface area contributed by atoms with E-state index >= 15 is 0 Å². The van der Waals surface area contributed by atoms with Crippen molar-refractivity contribution in [3.05, 3.63) is 60.2 Å². The Labute approximate surface area is 341 Å². The van der Waals surface area contributed by atoms with Gasteiger partial charge in [-0.2, -0.15) is 0 Å². The Morgan fingerprint density at radius 2 is 1.25 bits per heavy atom. The van der Waals surface area contributed by atoms with Gasteiger partial charge in [-0.15, -0.1) is 0 Å². The minimum absolute atomic E-state index is 0.0491. The van der Waals surface area contributed by atoms with Crippen LogP contribution >= 0.6 is 0 Å². The molecule has 0 heterocycles. The van der Waals surface area contributed by atoms with E-state index < -0.39 is 6.29 Å². The fraction of sp³-hybridized carbons (Fsp3) is 0.766. The van der Waals surface area contributed by atoms with Gasteiger partial charge in [0, 0.05) is 38.6 Å². The summed E-state index contributed by atoms with van der Waals surface area (Å²) in [5, 5.41) is 0. The molecule has 56 heavy (non-hydrogen) atoms. The Hall–Kier alpha value is -2.11. The summed E-state index contributed by atoms with van der Waals surface area (Å²) in [4.78, 5) is 12.4. The van der Waals surface area contributed by atoms with Crippen LogP contribution in [0.2, 0.25) is 0 Å². The molecule has 0 amide bonds. The number of allylic oxidation sites excluding steroid dienone is 2. The largest absolute Gasteiger partial charge is 0.436 e. The van der Waals surface area contributed by atoms with Gasteiger partial charge in [-0.3, -0.25) is 4.79 Å². The number of carbonyl (C=O) groups is 1. The highest BCUT2D eigenvalue weighted by molar-refractivity contribution is 5.69. The SMILES string of the molecule is CCCCOC(C)OC(=O)CCC/C=C\C[C@@H]1[C@@H](/C=C/[C@H](CCc2ccccc2)OC(C)OCCCC)[C@H](OC(C)OCCCC)C[C@@H]1OC(C)OCCCC. The lowest BCUT2D eigenvalue weighted by Gasteiger charge is -2.27. The van der Waals surface area contributed by atoms with E-state index in [1.165, 1.54) is 5.56 Å². The molecule has 0 radical (unpaired) electrons. The van der Waals surface area contributed by atoms with Gasteiger partial charge in [0.1, 0.15) is 0 Å². The molecular weight excluding hydrogens is 709 g/mol. The maximum absolute atomic E-state index is 12.4. The molecule has 1 fully saturated rings. The van der Waals surface area contributed by atoms with Crippen molar-refractivity contribution < 1.29 is 42.7 Å². The standard InChI is InChI=1S/C47H80O9/c1-9-13-32-49-37(5)53-42(29-28-41-24-20-19-21-25-41)30-31-44-43(26-22-17-18-23-27-47(48)56-40(8)52-35-16-12-4)45(54-38(6)50-33-14-10-2)36-46(44)55-39(7)51-34-15-11-3/h17,19-22,24-25,30-31,37-40,42-46H,9-16,18,23,26-29,32-36H2,1-8H3/b22-17-,31-30+/t37?,38?,39?,40?,42-,43+,44+,45-,46+/m0/s1.